The third kappa shape index (κ3) is 2.60. The van der Waals surface area contributed by atoms with Crippen LogP contribution >= 0.6 is 0 Å². The van der Waals surface area contributed by atoms with Crippen LogP contribution in [0.4, 0.5) is 4.39 Å². The summed E-state index contributed by atoms with van der Waals surface area (Å²) in [6.07, 6.45) is 0. The Kier molecular flexibility index (Phi) is 2.95. The molecule has 3 rings (SSSR count). The maximum atomic E-state index is 13.1. The lowest BCUT2D eigenvalue weighted by Gasteiger charge is -2.04. The van der Waals surface area contributed by atoms with Crippen LogP contribution in [0.25, 0.3) is 10.9 Å². The van der Waals surface area contributed by atoms with Gasteiger partial charge in [0.25, 0.3) is 0 Å². The quantitative estimate of drug-likeness (QED) is 0.745. The Bertz CT molecular complexity index is 700. The minimum Gasteiger partial charge on any atom is -0.487 e. The van der Waals surface area contributed by atoms with Crippen LogP contribution < -0.4 is 4.74 Å². The van der Waals surface area contributed by atoms with E-state index < -0.39 is 0 Å². The normalized spacial score (nSPS) is 10.8. The van der Waals surface area contributed by atoms with Gasteiger partial charge in [-0.2, -0.15) is 0 Å². The highest BCUT2D eigenvalue weighted by molar-refractivity contribution is 5.80. The Hall–Kier alpha value is -2.29. The van der Waals surface area contributed by atoms with Crippen molar-refractivity contribution in [1.82, 2.24) is 4.98 Å². The number of benzene rings is 2. The van der Waals surface area contributed by atoms with Gasteiger partial charge in [0, 0.05) is 5.52 Å². The molecule has 0 amide bonds. The van der Waals surface area contributed by atoms with Crippen LogP contribution in [-0.2, 0) is 6.61 Å². The number of fused-ring (bicyclic) bond motifs is 1. The van der Waals surface area contributed by atoms with Gasteiger partial charge in [0.05, 0.1) is 5.69 Å². The molecule has 0 saturated heterocycles. The molecule has 0 atom stereocenters. The van der Waals surface area contributed by atoms with Crippen LogP contribution in [0.5, 0.6) is 5.75 Å². The van der Waals surface area contributed by atoms with Crippen LogP contribution in [-0.4, -0.2) is 4.98 Å². The van der Waals surface area contributed by atoms with Gasteiger partial charge >= 0.3 is 0 Å². The predicted molar refractivity (Wildman–Crippen MR) is 73.8 cm³/mol. The van der Waals surface area contributed by atoms with Gasteiger partial charge in [0.1, 0.15) is 18.2 Å². The van der Waals surface area contributed by atoms with Crippen molar-refractivity contribution in [3.63, 3.8) is 0 Å². The molecule has 1 N–H and O–H groups in total. The second-order valence-corrected chi connectivity index (χ2v) is 4.63. The molecule has 0 saturated carbocycles. The minimum atomic E-state index is -0.236. The lowest BCUT2D eigenvalue weighted by atomic mass is 10.2. The van der Waals surface area contributed by atoms with Gasteiger partial charge in [-0.15, -0.1) is 0 Å². The maximum absolute atomic E-state index is 13.1. The third-order valence-electron chi connectivity index (χ3n) is 3.06. The molecule has 0 fully saturated rings. The van der Waals surface area contributed by atoms with E-state index in [1.807, 2.05) is 37.3 Å². The first-order valence-corrected chi connectivity index (χ1v) is 6.17. The maximum Gasteiger partial charge on any atom is 0.128 e. The zero-order chi connectivity index (χ0) is 13.2. The van der Waals surface area contributed by atoms with Gasteiger partial charge in [-0.3, -0.25) is 0 Å². The summed E-state index contributed by atoms with van der Waals surface area (Å²) < 4.78 is 18.8. The summed E-state index contributed by atoms with van der Waals surface area (Å²) in [5.41, 5.74) is 2.93. The highest BCUT2D eigenvalue weighted by Crippen LogP contribution is 2.18. The first kappa shape index (κ1) is 11.8. The summed E-state index contributed by atoms with van der Waals surface area (Å²) in [6.45, 7) is 2.48. The molecule has 2 aromatic carbocycles. The largest absolute Gasteiger partial charge is 0.487 e. The first-order valence-electron chi connectivity index (χ1n) is 6.17. The molecule has 1 aromatic heterocycles. The lowest BCUT2D eigenvalue weighted by Crippen LogP contribution is -1.95. The number of halogens is 1. The first-order chi connectivity index (χ1) is 9.20. The smallest absolute Gasteiger partial charge is 0.128 e. The summed E-state index contributed by atoms with van der Waals surface area (Å²) in [7, 11) is 0. The van der Waals surface area contributed by atoms with Crippen molar-refractivity contribution < 1.29 is 9.13 Å². The Balaban J connectivity index is 1.76. The van der Waals surface area contributed by atoms with E-state index in [0.29, 0.717) is 6.61 Å². The zero-order valence-electron chi connectivity index (χ0n) is 10.6. The fourth-order valence-electron chi connectivity index (χ4n) is 2.03. The van der Waals surface area contributed by atoms with E-state index in [1.54, 1.807) is 6.07 Å². The fourth-order valence-corrected chi connectivity index (χ4v) is 2.03. The average Bonchev–Trinajstić information content (AvgIpc) is 2.80. The van der Waals surface area contributed by atoms with Crippen LogP contribution in [0, 0.1) is 12.7 Å². The second kappa shape index (κ2) is 4.76. The number of aromatic nitrogens is 1. The van der Waals surface area contributed by atoms with E-state index >= 15 is 0 Å². The summed E-state index contributed by atoms with van der Waals surface area (Å²) >= 11 is 0. The van der Waals surface area contributed by atoms with Crippen LogP contribution in [0.15, 0.2) is 48.5 Å². The lowest BCUT2D eigenvalue weighted by molar-refractivity contribution is 0.302. The van der Waals surface area contributed by atoms with Crippen molar-refractivity contribution in [3.8, 4) is 5.75 Å². The van der Waals surface area contributed by atoms with Gasteiger partial charge in [0.15, 0.2) is 0 Å². The molecule has 19 heavy (non-hydrogen) atoms. The number of H-pyrrole nitrogens is 1. The molecule has 0 radical (unpaired) electrons. The SMILES string of the molecule is Cc1ccc(OCc2cc3ccc(F)cc3[nH]2)cc1. The summed E-state index contributed by atoms with van der Waals surface area (Å²) in [6, 6.07) is 14.6. The minimum absolute atomic E-state index is 0.236. The Morgan fingerprint density at radius 1 is 1.05 bits per heavy atom. The summed E-state index contributed by atoms with van der Waals surface area (Å²) in [4.78, 5) is 3.15. The Labute approximate surface area is 110 Å². The van der Waals surface area contributed by atoms with E-state index in [4.69, 9.17) is 4.74 Å². The molecule has 1 heterocycles. The molecule has 0 aliphatic heterocycles. The van der Waals surface area contributed by atoms with Crippen molar-refractivity contribution in [2.75, 3.05) is 0 Å². The van der Waals surface area contributed by atoms with Gasteiger partial charge in [0.2, 0.25) is 0 Å². The van der Waals surface area contributed by atoms with Crippen molar-refractivity contribution >= 4 is 10.9 Å². The molecule has 0 spiro atoms. The van der Waals surface area contributed by atoms with Crippen molar-refractivity contribution in [2.24, 2.45) is 0 Å². The number of ether oxygens (including phenoxy) is 1. The number of hydrogen-bond donors (Lipinski definition) is 1. The molecule has 96 valence electrons. The Morgan fingerprint density at radius 2 is 1.84 bits per heavy atom. The van der Waals surface area contributed by atoms with Crippen LogP contribution in [0.2, 0.25) is 0 Å². The van der Waals surface area contributed by atoms with Gasteiger partial charge < -0.3 is 9.72 Å². The molecule has 3 heteroatoms. The van der Waals surface area contributed by atoms with Crippen molar-refractivity contribution in [1.29, 1.82) is 0 Å². The standard InChI is InChI=1S/C16H14FNO/c1-11-2-6-15(7-3-11)19-10-14-8-12-4-5-13(17)9-16(12)18-14/h2-9,18H,10H2,1H3. The van der Waals surface area contributed by atoms with E-state index in [-0.39, 0.29) is 5.82 Å². The molecule has 0 aliphatic rings. The topological polar surface area (TPSA) is 25.0 Å². The summed E-state index contributed by atoms with van der Waals surface area (Å²) in [5.74, 6) is 0.593. The highest BCUT2D eigenvalue weighted by Gasteiger charge is 2.03. The van der Waals surface area contributed by atoms with Gasteiger partial charge in [-0.1, -0.05) is 17.7 Å². The van der Waals surface area contributed by atoms with Gasteiger partial charge in [-0.05, 0) is 48.7 Å². The molecule has 2 nitrogen and oxygen atoms in total. The average molecular weight is 255 g/mol. The predicted octanol–water partition coefficient (Wildman–Crippen LogP) is 4.19. The summed E-state index contributed by atoms with van der Waals surface area (Å²) in [5, 5.41) is 0.990. The fraction of sp³-hybridized carbons (Fsp3) is 0.125. The number of aromatic amines is 1. The van der Waals surface area contributed by atoms with E-state index in [2.05, 4.69) is 4.98 Å². The number of rotatable bonds is 3. The number of hydrogen-bond acceptors (Lipinski definition) is 1. The van der Waals surface area contributed by atoms with Crippen LogP contribution in [0.1, 0.15) is 11.3 Å². The van der Waals surface area contributed by atoms with E-state index in [1.165, 1.54) is 17.7 Å². The molecule has 0 unspecified atom stereocenters. The van der Waals surface area contributed by atoms with E-state index in [0.717, 1.165) is 22.3 Å². The number of nitrogens with one attached hydrogen (secondary N) is 1. The monoisotopic (exact) mass is 255 g/mol. The zero-order valence-corrected chi connectivity index (χ0v) is 10.6. The van der Waals surface area contributed by atoms with Crippen LogP contribution in [0.3, 0.4) is 0 Å². The number of aryl methyl sites for hydroxylation is 1. The molecular formula is C16H14FNO. The third-order valence-corrected chi connectivity index (χ3v) is 3.06. The van der Waals surface area contributed by atoms with Crippen molar-refractivity contribution in [3.05, 3.63) is 65.6 Å². The van der Waals surface area contributed by atoms with Crippen molar-refractivity contribution in [2.45, 2.75) is 13.5 Å². The molecule has 3 aromatic rings. The molecular weight excluding hydrogens is 241 g/mol. The van der Waals surface area contributed by atoms with E-state index in [9.17, 15) is 4.39 Å². The second-order valence-electron chi connectivity index (χ2n) is 4.63. The molecule has 0 bridgehead atoms. The van der Waals surface area contributed by atoms with Gasteiger partial charge in [-0.25, -0.2) is 4.39 Å². The Morgan fingerprint density at radius 3 is 2.63 bits per heavy atom. The molecule has 0 aliphatic carbocycles. The highest BCUT2D eigenvalue weighted by atomic mass is 19.1.